The van der Waals surface area contributed by atoms with Gasteiger partial charge in [0.15, 0.2) is 0 Å². The van der Waals surface area contributed by atoms with Gasteiger partial charge in [0.25, 0.3) is 0 Å². The van der Waals surface area contributed by atoms with Crippen molar-refractivity contribution in [3.8, 4) is 0 Å². The predicted octanol–water partition coefficient (Wildman–Crippen LogP) is 3.33. The van der Waals surface area contributed by atoms with E-state index in [1.807, 2.05) is 24.3 Å². The highest BCUT2D eigenvalue weighted by Crippen LogP contribution is 2.36. The molecule has 1 N–H and O–H groups in total. The number of benzene rings is 1. The summed E-state index contributed by atoms with van der Waals surface area (Å²) in [5.74, 6) is -1.08. The maximum absolute atomic E-state index is 11.3. The molecule has 0 bridgehead atoms. The fourth-order valence-electron chi connectivity index (χ4n) is 2.64. The van der Waals surface area contributed by atoms with Crippen molar-refractivity contribution in [1.82, 2.24) is 0 Å². The fourth-order valence-corrected chi connectivity index (χ4v) is 3.36. The largest absolute Gasteiger partial charge is 0.481 e. The van der Waals surface area contributed by atoms with E-state index < -0.39 is 5.97 Å². The number of thiophene rings is 1. The second kappa shape index (κ2) is 5.05. The van der Waals surface area contributed by atoms with Crippen LogP contribution in [0.4, 0.5) is 5.69 Å². The van der Waals surface area contributed by atoms with Gasteiger partial charge in [-0.2, -0.15) is 0 Å². The van der Waals surface area contributed by atoms with E-state index in [0.29, 0.717) is 6.42 Å². The summed E-state index contributed by atoms with van der Waals surface area (Å²) < 4.78 is 0. The quantitative estimate of drug-likeness (QED) is 0.932. The zero-order valence-corrected chi connectivity index (χ0v) is 11.3. The molecule has 2 aromatic rings. The van der Waals surface area contributed by atoms with Gasteiger partial charge in [0, 0.05) is 17.1 Å². The third-order valence-electron chi connectivity index (χ3n) is 3.57. The molecule has 1 unspecified atom stereocenters. The number of para-hydroxylation sites is 1. The molecule has 0 amide bonds. The van der Waals surface area contributed by atoms with E-state index in [1.165, 1.54) is 4.88 Å². The Morgan fingerprint density at radius 1 is 1.32 bits per heavy atom. The van der Waals surface area contributed by atoms with Crippen molar-refractivity contribution >= 4 is 23.0 Å². The highest BCUT2D eigenvalue weighted by Gasteiger charge is 2.29. The van der Waals surface area contributed by atoms with Crippen LogP contribution < -0.4 is 4.90 Å². The number of aliphatic carboxylic acids is 1. The van der Waals surface area contributed by atoms with Crippen LogP contribution in [-0.2, 0) is 11.3 Å². The molecule has 0 aliphatic carbocycles. The third-order valence-corrected chi connectivity index (χ3v) is 4.43. The summed E-state index contributed by atoms with van der Waals surface area (Å²) in [6.45, 7) is 1.66. The van der Waals surface area contributed by atoms with Gasteiger partial charge in [-0.1, -0.05) is 24.3 Å². The molecule has 0 fully saturated rings. The average Bonchev–Trinajstić information content (AvgIpc) is 2.91. The number of rotatable bonds is 3. The SMILES string of the molecule is O=C(O)C1CCN(Cc2cccs2)c2ccccc21. The molecule has 0 radical (unpaired) electrons. The first-order valence-electron chi connectivity index (χ1n) is 6.35. The second-order valence-electron chi connectivity index (χ2n) is 4.74. The molecule has 1 atom stereocenters. The van der Waals surface area contributed by atoms with E-state index >= 15 is 0 Å². The number of carboxylic acids is 1. The summed E-state index contributed by atoms with van der Waals surface area (Å²) in [4.78, 5) is 14.9. The lowest BCUT2D eigenvalue weighted by molar-refractivity contribution is -0.139. The van der Waals surface area contributed by atoms with Crippen molar-refractivity contribution in [3.63, 3.8) is 0 Å². The summed E-state index contributed by atoms with van der Waals surface area (Å²) >= 11 is 1.74. The first-order chi connectivity index (χ1) is 9.25. The van der Waals surface area contributed by atoms with Gasteiger partial charge in [-0.25, -0.2) is 0 Å². The van der Waals surface area contributed by atoms with Crippen LogP contribution in [-0.4, -0.2) is 17.6 Å². The van der Waals surface area contributed by atoms with Gasteiger partial charge in [-0.05, 0) is 29.5 Å². The van der Waals surface area contributed by atoms with Crippen LogP contribution in [0.5, 0.6) is 0 Å². The van der Waals surface area contributed by atoms with E-state index in [9.17, 15) is 9.90 Å². The summed E-state index contributed by atoms with van der Waals surface area (Å²) in [5.41, 5.74) is 2.01. The smallest absolute Gasteiger partial charge is 0.311 e. The van der Waals surface area contributed by atoms with Gasteiger partial charge >= 0.3 is 5.97 Å². The third kappa shape index (κ3) is 2.36. The maximum Gasteiger partial charge on any atom is 0.311 e. The minimum absolute atomic E-state index is 0.365. The molecule has 98 valence electrons. The van der Waals surface area contributed by atoms with Crippen LogP contribution in [0, 0.1) is 0 Å². The Balaban J connectivity index is 1.92. The van der Waals surface area contributed by atoms with Gasteiger partial charge in [0.2, 0.25) is 0 Å². The van der Waals surface area contributed by atoms with E-state index in [1.54, 1.807) is 11.3 Å². The number of anilines is 1. The van der Waals surface area contributed by atoms with Crippen molar-refractivity contribution in [2.75, 3.05) is 11.4 Å². The Labute approximate surface area is 116 Å². The number of nitrogens with zero attached hydrogens (tertiary/aromatic N) is 1. The molecule has 3 rings (SSSR count). The normalized spacial score (nSPS) is 18.1. The van der Waals surface area contributed by atoms with E-state index in [0.717, 1.165) is 24.3 Å². The molecule has 3 nitrogen and oxygen atoms in total. The summed E-state index contributed by atoms with van der Waals surface area (Å²) in [6.07, 6.45) is 0.678. The highest BCUT2D eigenvalue weighted by molar-refractivity contribution is 7.09. The standard InChI is InChI=1S/C15H15NO2S/c17-15(18)13-7-8-16(10-11-4-3-9-19-11)14-6-2-1-5-12(13)14/h1-6,9,13H,7-8,10H2,(H,17,18). The lowest BCUT2D eigenvalue weighted by atomic mass is 9.90. The van der Waals surface area contributed by atoms with Crippen LogP contribution in [0.25, 0.3) is 0 Å². The van der Waals surface area contributed by atoms with Gasteiger partial charge in [0.1, 0.15) is 0 Å². The summed E-state index contributed by atoms with van der Waals surface area (Å²) in [6, 6.07) is 12.0. The molecular weight excluding hydrogens is 258 g/mol. The minimum atomic E-state index is -0.719. The van der Waals surface area contributed by atoms with E-state index in [4.69, 9.17) is 0 Å². The number of carbonyl (C=O) groups is 1. The van der Waals surface area contributed by atoms with E-state index in [-0.39, 0.29) is 5.92 Å². The van der Waals surface area contributed by atoms with E-state index in [2.05, 4.69) is 22.4 Å². The van der Waals surface area contributed by atoms with Crippen LogP contribution in [0.15, 0.2) is 41.8 Å². The molecule has 2 heterocycles. The highest BCUT2D eigenvalue weighted by atomic mass is 32.1. The van der Waals surface area contributed by atoms with Gasteiger partial charge in [-0.15, -0.1) is 11.3 Å². The molecule has 0 spiro atoms. The van der Waals surface area contributed by atoms with Crippen LogP contribution in [0.1, 0.15) is 22.8 Å². The summed E-state index contributed by atoms with van der Waals surface area (Å²) in [5, 5.41) is 11.4. The summed E-state index contributed by atoms with van der Waals surface area (Å²) in [7, 11) is 0. The first kappa shape index (κ1) is 12.2. The molecular formula is C15H15NO2S. The van der Waals surface area contributed by atoms with Crippen LogP contribution >= 0.6 is 11.3 Å². The van der Waals surface area contributed by atoms with Crippen molar-refractivity contribution in [1.29, 1.82) is 0 Å². The topological polar surface area (TPSA) is 40.5 Å². The first-order valence-corrected chi connectivity index (χ1v) is 7.23. The second-order valence-corrected chi connectivity index (χ2v) is 5.77. The number of hydrogen-bond donors (Lipinski definition) is 1. The Hall–Kier alpha value is -1.81. The maximum atomic E-state index is 11.3. The number of fused-ring (bicyclic) bond motifs is 1. The number of hydrogen-bond acceptors (Lipinski definition) is 3. The lowest BCUT2D eigenvalue weighted by Crippen LogP contribution is -2.32. The van der Waals surface area contributed by atoms with Crippen LogP contribution in [0.2, 0.25) is 0 Å². The average molecular weight is 273 g/mol. The molecule has 1 aromatic heterocycles. The number of carboxylic acid groups (broad SMARTS) is 1. The van der Waals surface area contributed by atoms with Crippen molar-refractivity contribution in [3.05, 3.63) is 52.2 Å². The van der Waals surface area contributed by atoms with Gasteiger partial charge in [-0.3, -0.25) is 4.79 Å². The molecule has 19 heavy (non-hydrogen) atoms. The predicted molar refractivity (Wildman–Crippen MR) is 76.8 cm³/mol. The lowest BCUT2D eigenvalue weighted by Gasteiger charge is -2.34. The Morgan fingerprint density at radius 2 is 2.16 bits per heavy atom. The monoisotopic (exact) mass is 273 g/mol. The molecule has 4 heteroatoms. The Morgan fingerprint density at radius 3 is 2.89 bits per heavy atom. The molecule has 1 aromatic carbocycles. The van der Waals surface area contributed by atoms with Crippen molar-refractivity contribution in [2.45, 2.75) is 18.9 Å². The zero-order chi connectivity index (χ0) is 13.2. The van der Waals surface area contributed by atoms with Crippen LogP contribution in [0.3, 0.4) is 0 Å². The van der Waals surface area contributed by atoms with Crippen molar-refractivity contribution < 1.29 is 9.90 Å². The molecule has 1 aliphatic heterocycles. The fraction of sp³-hybridized carbons (Fsp3) is 0.267. The minimum Gasteiger partial charge on any atom is -0.481 e. The molecule has 1 aliphatic rings. The Bertz CT molecular complexity index is 580. The van der Waals surface area contributed by atoms with Gasteiger partial charge < -0.3 is 10.0 Å². The Kier molecular flexibility index (Phi) is 3.25. The van der Waals surface area contributed by atoms with Crippen molar-refractivity contribution in [2.24, 2.45) is 0 Å². The molecule has 0 saturated carbocycles. The molecule has 0 saturated heterocycles. The van der Waals surface area contributed by atoms with Gasteiger partial charge in [0.05, 0.1) is 12.5 Å². The zero-order valence-electron chi connectivity index (χ0n) is 10.5.